The number of aromatic amines is 1. The van der Waals surface area contributed by atoms with Crippen molar-refractivity contribution in [2.45, 2.75) is 38.5 Å². The zero-order chi connectivity index (χ0) is 9.10. The monoisotopic (exact) mass is 177 g/mol. The Bertz CT molecular complexity index is 343. The summed E-state index contributed by atoms with van der Waals surface area (Å²) in [6.07, 6.45) is 9.13. The van der Waals surface area contributed by atoms with Gasteiger partial charge in [-0.3, -0.25) is 4.79 Å². The van der Waals surface area contributed by atoms with Crippen molar-refractivity contribution in [2.24, 2.45) is 0 Å². The summed E-state index contributed by atoms with van der Waals surface area (Å²) in [5, 5.41) is 0. The van der Waals surface area contributed by atoms with Gasteiger partial charge in [-0.15, -0.1) is 0 Å². The van der Waals surface area contributed by atoms with Gasteiger partial charge in [-0.05, 0) is 25.7 Å². The second-order valence-electron chi connectivity index (χ2n) is 3.52. The first kappa shape index (κ1) is 8.48. The van der Waals surface area contributed by atoms with Gasteiger partial charge in [0.25, 0.3) is 5.56 Å². The lowest BCUT2D eigenvalue weighted by Gasteiger charge is -2.10. The molecule has 0 aromatic carbocycles. The lowest BCUT2D eigenvalue weighted by molar-refractivity contribution is 0.603. The first-order chi connectivity index (χ1) is 6.38. The molecule has 1 heterocycles. The van der Waals surface area contributed by atoms with Crippen molar-refractivity contribution < 1.29 is 0 Å². The zero-order valence-corrected chi connectivity index (χ0v) is 7.60. The third-order valence-electron chi connectivity index (χ3n) is 2.57. The summed E-state index contributed by atoms with van der Waals surface area (Å²) in [4.78, 5) is 18.0. The van der Waals surface area contributed by atoms with Gasteiger partial charge in [-0.25, -0.2) is 4.98 Å². The molecule has 0 amide bonds. The molecular weight excluding hydrogens is 164 g/mol. The van der Waals surface area contributed by atoms with Crippen LogP contribution in [0.2, 0.25) is 0 Å². The van der Waals surface area contributed by atoms with Crippen molar-refractivity contribution in [3.05, 3.63) is 27.9 Å². The molecule has 0 spiro atoms. The highest BCUT2D eigenvalue weighted by atomic mass is 16.1. The summed E-state index contributed by atoms with van der Waals surface area (Å²) >= 11 is 0. The zero-order valence-electron chi connectivity index (χ0n) is 7.60. The number of nitrogens with zero attached hydrogens (tertiary/aromatic N) is 1. The topological polar surface area (TPSA) is 45.8 Å². The largest absolute Gasteiger partial charge is 0.304 e. The SMILES string of the molecule is O=c1[nH][c]nc2c1CCCCCC2. The van der Waals surface area contributed by atoms with Crippen LogP contribution in [0, 0.1) is 6.33 Å². The molecule has 3 nitrogen and oxygen atoms in total. The van der Waals surface area contributed by atoms with E-state index in [1.165, 1.54) is 12.8 Å². The van der Waals surface area contributed by atoms with Crippen molar-refractivity contribution in [3.8, 4) is 0 Å². The van der Waals surface area contributed by atoms with E-state index in [4.69, 9.17) is 0 Å². The van der Waals surface area contributed by atoms with E-state index in [0.717, 1.165) is 36.9 Å². The van der Waals surface area contributed by atoms with E-state index in [1.807, 2.05) is 0 Å². The van der Waals surface area contributed by atoms with Crippen molar-refractivity contribution in [3.63, 3.8) is 0 Å². The van der Waals surface area contributed by atoms with Gasteiger partial charge in [-0.2, -0.15) is 0 Å². The third-order valence-corrected chi connectivity index (χ3v) is 2.57. The normalized spacial score (nSPS) is 17.2. The van der Waals surface area contributed by atoms with Crippen LogP contribution in [0.5, 0.6) is 0 Å². The minimum Gasteiger partial charge on any atom is -0.304 e. The summed E-state index contributed by atoms with van der Waals surface area (Å²) < 4.78 is 0. The summed E-state index contributed by atoms with van der Waals surface area (Å²) in [7, 11) is 0. The van der Waals surface area contributed by atoms with E-state index < -0.39 is 0 Å². The highest BCUT2D eigenvalue weighted by Crippen LogP contribution is 2.14. The molecule has 1 aromatic heterocycles. The van der Waals surface area contributed by atoms with Crippen LogP contribution in [0.3, 0.4) is 0 Å². The molecule has 1 aromatic rings. The van der Waals surface area contributed by atoms with Crippen molar-refractivity contribution in [2.75, 3.05) is 0 Å². The molecule has 0 bridgehead atoms. The van der Waals surface area contributed by atoms with E-state index in [9.17, 15) is 4.79 Å². The van der Waals surface area contributed by atoms with Gasteiger partial charge >= 0.3 is 0 Å². The summed E-state index contributed by atoms with van der Waals surface area (Å²) in [5.41, 5.74) is 1.86. The average Bonchev–Trinajstić information content (AvgIpc) is 2.07. The molecule has 0 fully saturated rings. The van der Waals surface area contributed by atoms with Crippen LogP contribution in [0.4, 0.5) is 0 Å². The van der Waals surface area contributed by atoms with E-state index >= 15 is 0 Å². The molecule has 0 aliphatic heterocycles. The van der Waals surface area contributed by atoms with Gasteiger partial charge < -0.3 is 4.98 Å². The Morgan fingerprint density at radius 3 is 2.77 bits per heavy atom. The van der Waals surface area contributed by atoms with Gasteiger partial charge in [-0.1, -0.05) is 12.8 Å². The molecule has 13 heavy (non-hydrogen) atoms. The van der Waals surface area contributed by atoms with Crippen LogP contribution in [0.15, 0.2) is 4.79 Å². The Hall–Kier alpha value is -1.12. The van der Waals surface area contributed by atoms with Gasteiger partial charge in [0.2, 0.25) is 0 Å². The number of nitrogens with one attached hydrogen (secondary N) is 1. The van der Waals surface area contributed by atoms with E-state index in [-0.39, 0.29) is 5.56 Å². The number of hydrogen-bond donors (Lipinski definition) is 1. The maximum absolute atomic E-state index is 11.4. The van der Waals surface area contributed by atoms with Crippen LogP contribution < -0.4 is 5.56 Å². The van der Waals surface area contributed by atoms with Crippen LogP contribution in [0.1, 0.15) is 36.9 Å². The fraction of sp³-hybridized carbons (Fsp3) is 0.600. The van der Waals surface area contributed by atoms with Gasteiger partial charge in [0, 0.05) is 5.56 Å². The maximum atomic E-state index is 11.4. The predicted molar refractivity (Wildman–Crippen MR) is 49.6 cm³/mol. The maximum Gasteiger partial charge on any atom is 0.254 e. The van der Waals surface area contributed by atoms with Crippen molar-refractivity contribution in [1.82, 2.24) is 9.97 Å². The first-order valence-electron chi connectivity index (χ1n) is 4.86. The van der Waals surface area contributed by atoms with Crippen LogP contribution in [-0.2, 0) is 12.8 Å². The molecule has 1 aliphatic carbocycles. The fourth-order valence-corrected chi connectivity index (χ4v) is 1.83. The Morgan fingerprint density at radius 1 is 1.15 bits per heavy atom. The van der Waals surface area contributed by atoms with Crippen molar-refractivity contribution >= 4 is 0 Å². The summed E-state index contributed by atoms with van der Waals surface area (Å²) in [6.45, 7) is 0. The Labute approximate surface area is 77.2 Å². The first-order valence-corrected chi connectivity index (χ1v) is 4.86. The lowest BCUT2D eigenvalue weighted by atomic mass is 9.98. The van der Waals surface area contributed by atoms with Gasteiger partial charge in [0.05, 0.1) is 5.69 Å². The smallest absolute Gasteiger partial charge is 0.254 e. The second-order valence-corrected chi connectivity index (χ2v) is 3.52. The average molecular weight is 177 g/mol. The number of H-pyrrole nitrogens is 1. The minimum absolute atomic E-state index is 0.00639. The van der Waals surface area contributed by atoms with Crippen LogP contribution in [-0.4, -0.2) is 9.97 Å². The molecule has 0 atom stereocenters. The molecule has 3 heteroatoms. The number of aryl methyl sites for hydroxylation is 1. The highest BCUT2D eigenvalue weighted by molar-refractivity contribution is 5.16. The third kappa shape index (κ3) is 1.79. The molecule has 1 radical (unpaired) electrons. The lowest BCUT2D eigenvalue weighted by Crippen LogP contribution is -2.18. The van der Waals surface area contributed by atoms with E-state index in [1.54, 1.807) is 0 Å². The number of hydrogen-bond acceptors (Lipinski definition) is 2. The molecular formula is C10H13N2O. The Morgan fingerprint density at radius 2 is 1.92 bits per heavy atom. The van der Waals surface area contributed by atoms with Gasteiger partial charge in [0.1, 0.15) is 0 Å². The van der Waals surface area contributed by atoms with Crippen LogP contribution >= 0.6 is 0 Å². The Balaban J connectivity index is 2.39. The second kappa shape index (κ2) is 3.73. The molecule has 69 valence electrons. The number of rotatable bonds is 0. The number of fused-ring (bicyclic) bond motifs is 1. The highest BCUT2D eigenvalue weighted by Gasteiger charge is 2.10. The molecule has 1 N–H and O–H groups in total. The van der Waals surface area contributed by atoms with E-state index in [0.29, 0.717) is 0 Å². The van der Waals surface area contributed by atoms with Crippen molar-refractivity contribution in [1.29, 1.82) is 0 Å². The fourth-order valence-electron chi connectivity index (χ4n) is 1.83. The predicted octanol–water partition coefficient (Wildman–Crippen LogP) is 1.23. The van der Waals surface area contributed by atoms with Crippen LogP contribution in [0.25, 0.3) is 0 Å². The molecule has 0 saturated carbocycles. The molecule has 0 saturated heterocycles. The van der Waals surface area contributed by atoms with E-state index in [2.05, 4.69) is 16.3 Å². The molecule has 1 aliphatic rings. The Kier molecular flexibility index (Phi) is 2.43. The standard InChI is InChI=1S/C10H13N2O/c13-10-8-5-3-1-2-4-6-9(8)11-7-12-10/h1-6H2,(H,11,12,13). The summed E-state index contributed by atoms with van der Waals surface area (Å²) in [6, 6.07) is 0. The molecule has 2 rings (SSSR count). The summed E-state index contributed by atoms with van der Waals surface area (Å²) in [5.74, 6) is 0. The molecule has 0 unspecified atom stereocenters. The van der Waals surface area contributed by atoms with Gasteiger partial charge in [0.15, 0.2) is 6.33 Å². The quantitative estimate of drug-likeness (QED) is 0.647. The number of aromatic nitrogens is 2. The minimum atomic E-state index is 0.00639.